The lowest BCUT2D eigenvalue weighted by Crippen LogP contribution is -2.30. The van der Waals surface area contributed by atoms with Crippen molar-refractivity contribution in [2.45, 2.75) is 13.5 Å². The molecule has 1 amide bonds. The maximum Gasteiger partial charge on any atom is 0.219 e. The first kappa shape index (κ1) is 19.7. The molecule has 0 unspecified atom stereocenters. The molecule has 4 rings (SSSR count). The Balaban J connectivity index is 1.37. The largest absolute Gasteiger partial charge is 0.439 e. The summed E-state index contributed by atoms with van der Waals surface area (Å²) in [5, 5.41) is 7.02. The Hall–Kier alpha value is -3.58. The number of hydrogen-bond donors (Lipinski definition) is 2. The minimum absolute atomic E-state index is 0.0226. The molecule has 0 spiro atoms. The van der Waals surface area contributed by atoms with Gasteiger partial charge in [0.2, 0.25) is 11.8 Å². The van der Waals surface area contributed by atoms with Gasteiger partial charge in [-0.05, 0) is 47.5 Å². The minimum Gasteiger partial charge on any atom is -0.439 e. The molecule has 0 radical (unpaired) electrons. The zero-order valence-electron chi connectivity index (χ0n) is 16.8. The van der Waals surface area contributed by atoms with E-state index in [-0.39, 0.29) is 5.91 Å². The molecule has 7 heteroatoms. The van der Waals surface area contributed by atoms with Gasteiger partial charge in [-0.2, -0.15) is 0 Å². The second kappa shape index (κ2) is 9.28. The standard InChI is InChI=1S/C23H23N5O2/c1-16(29)26-11-10-25-15-20-4-2-17-12-21(5-6-22(17)28-20)30-23-7-3-18(14-27-23)19-8-9-24-13-19/h2-9,12,14,25H,10-11,13,15H2,1H3,(H,26,29). The minimum atomic E-state index is -0.0226. The third-order valence-electron chi connectivity index (χ3n) is 4.67. The molecule has 0 saturated heterocycles. The highest BCUT2D eigenvalue weighted by atomic mass is 16.5. The number of carbonyl (C=O) groups is 1. The molecule has 2 aromatic heterocycles. The first-order chi connectivity index (χ1) is 14.7. The van der Waals surface area contributed by atoms with E-state index >= 15 is 0 Å². The zero-order chi connectivity index (χ0) is 20.8. The summed E-state index contributed by atoms with van der Waals surface area (Å²) in [6.07, 6.45) is 5.63. The van der Waals surface area contributed by atoms with Crippen molar-refractivity contribution in [2.24, 2.45) is 4.99 Å². The number of aromatic nitrogens is 2. The second-order valence-corrected chi connectivity index (χ2v) is 6.99. The van der Waals surface area contributed by atoms with E-state index in [2.05, 4.69) is 25.6 Å². The van der Waals surface area contributed by atoms with E-state index in [0.717, 1.165) is 27.7 Å². The predicted molar refractivity (Wildman–Crippen MR) is 118 cm³/mol. The summed E-state index contributed by atoms with van der Waals surface area (Å²) >= 11 is 0. The van der Waals surface area contributed by atoms with Gasteiger partial charge >= 0.3 is 0 Å². The summed E-state index contributed by atoms with van der Waals surface area (Å²) in [6, 6.07) is 13.7. The van der Waals surface area contributed by atoms with Gasteiger partial charge in [-0.15, -0.1) is 0 Å². The van der Waals surface area contributed by atoms with Crippen LogP contribution >= 0.6 is 0 Å². The van der Waals surface area contributed by atoms with Crippen molar-refractivity contribution in [1.29, 1.82) is 0 Å². The van der Waals surface area contributed by atoms with Crippen LogP contribution in [0.1, 0.15) is 18.2 Å². The average molecular weight is 401 g/mol. The Labute approximate surface area is 174 Å². The molecule has 3 aromatic rings. The normalized spacial score (nSPS) is 12.8. The van der Waals surface area contributed by atoms with Crippen LogP contribution in [-0.2, 0) is 11.3 Å². The second-order valence-electron chi connectivity index (χ2n) is 6.99. The highest BCUT2D eigenvalue weighted by Crippen LogP contribution is 2.25. The molecule has 0 fully saturated rings. The number of carbonyl (C=O) groups excluding carboxylic acids is 1. The number of nitrogens with zero attached hydrogens (tertiary/aromatic N) is 3. The van der Waals surface area contributed by atoms with E-state index in [1.165, 1.54) is 6.92 Å². The Bertz CT molecular complexity index is 1110. The van der Waals surface area contributed by atoms with Crippen LogP contribution in [0.3, 0.4) is 0 Å². The first-order valence-electron chi connectivity index (χ1n) is 9.85. The smallest absolute Gasteiger partial charge is 0.219 e. The zero-order valence-corrected chi connectivity index (χ0v) is 16.8. The van der Waals surface area contributed by atoms with Crippen molar-refractivity contribution in [1.82, 2.24) is 20.6 Å². The number of hydrogen-bond acceptors (Lipinski definition) is 6. The lowest BCUT2D eigenvalue weighted by atomic mass is 10.1. The molecule has 2 N–H and O–H groups in total. The summed E-state index contributed by atoms with van der Waals surface area (Å²) in [5.74, 6) is 1.24. The topological polar surface area (TPSA) is 88.5 Å². The number of aliphatic imine (C=N–C) groups is 1. The summed E-state index contributed by atoms with van der Waals surface area (Å²) in [4.78, 5) is 24.1. The van der Waals surface area contributed by atoms with Crippen molar-refractivity contribution in [3.63, 3.8) is 0 Å². The number of allylic oxidation sites excluding steroid dienone is 1. The van der Waals surface area contributed by atoms with Gasteiger partial charge in [-0.3, -0.25) is 14.8 Å². The monoisotopic (exact) mass is 401 g/mol. The van der Waals surface area contributed by atoms with Gasteiger partial charge in [0, 0.05) is 50.4 Å². The van der Waals surface area contributed by atoms with Crippen LogP contribution in [0.4, 0.5) is 0 Å². The van der Waals surface area contributed by atoms with Crippen molar-refractivity contribution in [3.8, 4) is 11.6 Å². The molecule has 1 aliphatic rings. The van der Waals surface area contributed by atoms with E-state index in [9.17, 15) is 4.79 Å². The van der Waals surface area contributed by atoms with E-state index in [4.69, 9.17) is 4.74 Å². The number of pyridine rings is 2. The molecule has 0 aliphatic carbocycles. The summed E-state index contributed by atoms with van der Waals surface area (Å²) in [7, 11) is 0. The average Bonchev–Trinajstić information content (AvgIpc) is 3.29. The number of nitrogens with one attached hydrogen (secondary N) is 2. The van der Waals surface area contributed by atoms with Gasteiger partial charge in [0.25, 0.3) is 0 Å². The molecule has 7 nitrogen and oxygen atoms in total. The molecule has 1 aromatic carbocycles. The number of rotatable bonds is 8. The van der Waals surface area contributed by atoms with E-state index < -0.39 is 0 Å². The molecular weight excluding hydrogens is 378 g/mol. The molecule has 152 valence electrons. The van der Waals surface area contributed by atoms with Gasteiger partial charge in [0.05, 0.1) is 17.8 Å². The fourth-order valence-corrected chi connectivity index (χ4v) is 3.14. The fraction of sp³-hybridized carbons (Fsp3) is 0.217. The quantitative estimate of drug-likeness (QED) is 0.566. The Morgan fingerprint density at radius 3 is 2.83 bits per heavy atom. The first-order valence-corrected chi connectivity index (χ1v) is 9.85. The SMILES string of the molecule is CC(=O)NCCNCc1ccc2cc(Oc3ccc(C4=CC=NC4)cn3)ccc2n1. The molecular formula is C23H23N5O2. The molecule has 0 atom stereocenters. The summed E-state index contributed by atoms with van der Waals surface area (Å²) in [5.41, 5.74) is 4.06. The van der Waals surface area contributed by atoms with Crippen molar-refractivity contribution in [2.75, 3.05) is 19.6 Å². The van der Waals surface area contributed by atoms with Crippen LogP contribution in [0.5, 0.6) is 11.6 Å². The molecule has 0 bridgehead atoms. The van der Waals surface area contributed by atoms with Crippen molar-refractivity contribution < 1.29 is 9.53 Å². The van der Waals surface area contributed by atoms with E-state index in [1.54, 1.807) is 0 Å². The highest BCUT2D eigenvalue weighted by Gasteiger charge is 2.07. The summed E-state index contributed by atoms with van der Waals surface area (Å²) in [6.45, 7) is 4.15. The van der Waals surface area contributed by atoms with Crippen LogP contribution in [-0.4, -0.2) is 41.7 Å². The van der Waals surface area contributed by atoms with Gasteiger partial charge < -0.3 is 15.4 Å². The van der Waals surface area contributed by atoms with Gasteiger partial charge in [-0.25, -0.2) is 4.98 Å². The Morgan fingerprint density at radius 2 is 2.07 bits per heavy atom. The van der Waals surface area contributed by atoms with Gasteiger partial charge in [-0.1, -0.05) is 6.07 Å². The van der Waals surface area contributed by atoms with Crippen LogP contribution in [0.25, 0.3) is 16.5 Å². The van der Waals surface area contributed by atoms with Gasteiger partial charge in [0.15, 0.2) is 0 Å². The Morgan fingerprint density at radius 1 is 1.13 bits per heavy atom. The third kappa shape index (κ3) is 5.07. The summed E-state index contributed by atoms with van der Waals surface area (Å²) < 4.78 is 5.91. The van der Waals surface area contributed by atoms with Crippen LogP contribution in [0.2, 0.25) is 0 Å². The van der Waals surface area contributed by atoms with Crippen LogP contribution in [0, 0.1) is 0 Å². The van der Waals surface area contributed by atoms with E-state index in [0.29, 0.717) is 37.8 Å². The van der Waals surface area contributed by atoms with Crippen LogP contribution < -0.4 is 15.4 Å². The van der Waals surface area contributed by atoms with Crippen molar-refractivity contribution >= 4 is 28.6 Å². The predicted octanol–water partition coefficient (Wildman–Crippen LogP) is 3.12. The maximum atomic E-state index is 10.9. The molecule has 1 aliphatic heterocycles. The number of amides is 1. The van der Waals surface area contributed by atoms with Crippen molar-refractivity contribution in [3.05, 3.63) is 66.0 Å². The highest BCUT2D eigenvalue weighted by molar-refractivity contribution is 5.89. The fourth-order valence-electron chi connectivity index (χ4n) is 3.14. The third-order valence-corrected chi connectivity index (χ3v) is 4.67. The Kier molecular flexibility index (Phi) is 6.10. The number of ether oxygens (including phenoxy) is 1. The maximum absolute atomic E-state index is 10.9. The lowest BCUT2D eigenvalue weighted by Gasteiger charge is -2.09. The van der Waals surface area contributed by atoms with Gasteiger partial charge in [0.1, 0.15) is 5.75 Å². The molecule has 0 saturated carbocycles. The molecule has 30 heavy (non-hydrogen) atoms. The van der Waals surface area contributed by atoms with Crippen LogP contribution in [0.15, 0.2) is 59.7 Å². The lowest BCUT2D eigenvalue weighted by molar-refractivity contribution is -0.118. The number of fused-ring (bicyclic) bond motifs is 1. The van der Waals surface area contributed by atoms with E-state index in [1.807, 2.05) is 61.0 Å². The number of benzene rings is 1. The molecule has 3 heterocycles.